The summed E-state index contributed by atoms with van der Waals surface area (Å²) in [5.41, 5.74) is 0. The van der Waals surface area contributed by atoms with Crippen LogP contribution in [0.4, 0.5) is 0 Å². The lowest BCUT2D eigenvalue weighted by molar-refractivity contribution is 0.116. The van der Waals surface area contributed by atoms with E-state index >= 15 is 0 Å². The van der Waals surface area contributed by atoms with Gasteiger partial charge in [-0.05, 0) is 14.1 Å². The van der Waals surface area contributed by atoms with E-state index in [0.29, 0.717) is 6.04 Å². The van der Waals surface area contributed by atoms with Crippen LogP contribution in [0, 0.1) is 0 Å². The third kappa shape index (κ3) is 3.96. The average molecular weight is 353 g/mol. The number of piperazine rings is 1. The molecule has 0 radical (unpaired) electrons. The number of hydrogen-bond donors (Lipinski definition) is 1. The van der Waals surface area contributed by atoms with E-state index in [4.69, 9.17) is 0 Å². The normalized spacial score (nSPS) is 26.6. The Labute approximate surface area is 121 Å². The molecule has 0 bridgehead atoms. The zero-order valence-corrected chi connectivity index (χ0v) is 13.3. The molecule has 0 aromatic heterocycles. The van der Waals surface area contributed by atoms with E-state index in [2.05, 4.69) is 46.2 Å². The molecule has 1 N–H and O–H groups in total. The van der Waals surface area contributed by atoms with Gasteiger partial charge in [0, 0.05) is 45.8 Å². The highest BCUT2D eigenvalue weighted by Gasteiger charge is 2.23. The molecule has 100 valence electrons. The van der Waals surface area contributed by atoms with Crippen LogP contribution >= 0.6 is 24.0 Å². The van der Waals surface area contributed by atoms with Crippen LogP contribution in [-0.4, -0.2) is 87.1 Å². The Hall–Kier alpha value is -0.0800. The van der Waals surface area contributed by atoms with Crippen molar-refractivity contribution >= 4 is 29.9 Å². The minimum atomic E-state index is 0. The van der Waals surface area contributed by atoms with Gasteiger partial charge in [-0.15, -0.1) is 24.0 Å². The molecule has 2 heterocycles. The Bertz CT molecular complexity index is 271. The van der Waals surface area contributed by atoms with Gasteiger partial charge in [0.05, 0.1) is 6.54 Å². The van der Waals surface area contributed by atoms with Crippen molar-refractivity contribution in [2.45, 2.75) is 6.04 Å². The first kappa shape index (κ1) is 15.0. The molecule has 5 nitrogen and oxygen atoms in total. The second kappa shape index (κ2) is 6.75. The second-order valence-electron chi connectivity index (χ2n) is 4.90. The predicted octanol–water partition coefficient (Wildman–Crippen LogP) is -0.259. The van der Waals surface area contributed by atoms with Gasteiger partial charge in [-0.1, -0.05) is 0 Å². The fourth-order valence-electron chi connectivity index (χ4n) is 2.25. The molecular formula is C11H24IN5. The van der Waals surface area contributed by atoms with Crippen LogP contribution in [0.15, 0.2) is 4.99 Å². The lowest BCUT2D eigenvalue weighted by Crippen LogP contribution is -2.55. The molecule has 0 amide bonds. The highest BCUT2D eigenvalue weighted by atomic mass is 127. The summed E-state index contributed by atoms with van der Waals surface area (Å²) in [6.45, 7) is 6.44. The lowest BCUT2D eigenvalue weighted by atomic mass is 10.2. The van der Waals surface area contributed by atoms with Gasteiger partial charge in [0.15, 0.2) is 5.96 Å². The van der Waals surface area contributed by atoms with E-state index in [-0.39, 0.29) is 24.0 Å². The van der Waals surface area contributed by atoms with E-state index < -0.39 is 0 Å². The maximum absolute atomic E-state index is 4.44. The second-order valence-corrected chi connectivity index (χ2v) is 4.90. The third-order valence-corrected chi connectivity index (χ3v) is 3.53. The Morgan fingerprint density at radius 3 is 2.65 bits per heavy atom. The summed E-state index contributed by atoms with van der Waals surface area (Å²) >= 11 is 0. The van der Waals surface area contributed by atoms with E-state index in [1.165, 1.54) is 6.54 Å². The van der Waals surface area contributed by atoms with Gasteiger partial charge < -0.3 is 15.1 Å². The Kier molecular flexibility index (Phi) is 5.94. The fraction of sp³-hybridized carbons (Fsp3) is 0.909. The molecule has 2 rings (SSSR count). The van der Waals surface area contributed by atoms with Crippen LogP contribution in [0.25, 0.3) is 0 Å². The molecule has 1 atom stereocenters. The van der Waals surface area contributed by atoms with Gasteiger partial charge in [0.1, 0.15) is 0 Å². The van der Waals surface area contributed by atoms with Crippen molar-refractivity contribution in [2.24, 2.45) is 4.99 Å². The van der Waals surface area contributed by atoms with Crippen LogP contribution < -0.4 is 5.32 Å². The van der Waals surface area contributed by atoms with Gasteiger partial charge in [-0.2, -0.15) is 0 Å². The monoisotopic (exact) mass is 353 g/mol. The zero-order chi connectivity index (χ0) is 11.5. The molecule has 1 fully saturated rings. The third-order valence-electron chi connectivity index (χ3n) is 3.53. The average Bonchev–Trinajstić information content (AvgIpc) is 2.66. The minimum absolute atomic E-state index is 0. The van der Waals surface area contributed by atoms with Gasteiger partial charge in [-0.3, -0.25) is 9.89 Å². The number of rotatable bonds is 2. The molecular weight excluding hydrogens is 329 g/mol. The number of aliphatic imine (C=N–C) groups is 1. The van der Waals surface area contributed by atoms with Crippen molar-refractivity contribution in [1.82, 2.24) is 20.0 Å². The van der Waals surface area contributed by atoms with Crippen LogP contribution in [0.5, 0.6) is 0 Å². The molecule has 6 heteroatoms. The van der Waals surface area contributed by atoms with Crippen molar-refractivity contribution in [3.8, 4) is 0 Å². The number of halogens is 1. The molecule has 0 aromatic rings. The molecule has 17 heavy (non-hydrogen) atoms. The highest BCUT2D eigenvalue weighted by Crippen LogP contribution is 2.05. The summed E-state index contributed by atoms with van der Waals surface area (Å²) in [5, 5.41) is 3.46. The van der Waals surface area contributed by atoms with E-state index in [1.54, 1.807) is 0 Å². The van der Waals surface area contributed by atoms with Crippen LogP contribution in [-0.2, 0) is 0 Å². The Morgan fingerprint density at radius 2 is 2.00 bits per heavy atom. The van der Waals surface area contributed by atoms with Crippen molar-refractivity contribution in [2.75, 3.05) is 60.4 Å². The summed E-state index contributed by atoms with van der Waals surface area (Å²) in [5.74, 6) is 1.06. The molecule has 0 aliphatic carbocycles. The summed E-state index contributed by atoms with van der Waals surface area (Å²) in [6, 6.07) is 0.593. The summed E-state index contributed by atoms with van der Waals surface area (Å²) < 4.78 is 0. The zero-order valence-electron chi connectivity index (χ0n) is 11.0. The smallest absolute Gasteiger partial charge is 0.193 e. The van der Waals surface area contributed by atoms with Crippen molar-refractivity contribution in [3.63, 3.8) is 0 Å². The molecule has 1 unspecified atom stereocenters. The Balaban J connectivity index is 0.00000144. The molecule has 0 spiro atoms. The minimum Gasteiger partial charge on any atom is -0.355 e. The van der Waals surface area contributed by atoms with Gasteiger partial charge in [0.25, 0.3) is 0 Å². The maximum atomic E-state index is 4.44. The van der Waals surface area contributed by atoms with E-state index in [9.17, 15) is 0 Å². The number of nitrogens with one attached hydrogen (secondary N) is 1. The fourth-order valence-corrected chi connectivity index (χ4v) is 2.25. The van der Waals surface area contributed by atoms with E-state index in [1.807, 2.05) is 0 Å². The number of guanidine groups is 1. The number of hydrogen-bond acceptors (Lipinski definition) is 5. The highest BCUT2D eigenvalue weighted by molar-refractivity contribution is 14.0. The molecule has 1 saturated heterocycles. The first-order chi connectivity index (χ1) is 7.66. The topological polar surface area (TPSA) is 34.1 Å². The summed E-state index contributed by atoms with van der Waals surface area (Å²) in [4.78, 5) is 11.5. The van der Waals surface area contributed by atoms with Crippen LogP contribution in [0.3, 0.4) is 0 Å². The number of nitrogens with zero attached hydrogens (tertiary/aromatic N) is 4. The lowest BCUT2D eigenvalue weighted by Gasteiger charge is -2.38. The molecule has 0 saturated carbocycles. The van der Waals surface area contributed by atoms with Gasteiger partial charge in [0.2, 0.25) is 0 Å². The summed E-state index contributed by atoms with van der Waals surface area (Å²) in [7, 11) is 6.49. The van der Waals surface area contributed by atoms with Gasteiger partial charge >= 0.3 is 0 Å². The van der Waals surface area contributed by atoms with E-state index in [0.717, 1.165) is 38.7 Å². The van der Waals surface area contributed by atoms with Crippen molar-refractivity contribution < 1.29 is 0 Å². The predicted molar refractivity (Wildman–Crippen MR) is 82.3 cm³/mol. The SMILES string of the molecule is CN1CCN(C)C(CNC2=NCCN2C)C1.I. The van der Waals surface area contributed by atoms with Crippen molar-refractivity contribution in [3.05, 3.63) is 0 Å². The van der Waals surface area contributed by atoms with Crippen LogP contribution in [0.1, 0.15) is 0 Å². The van der Waals surface area contributed by atoms with Gasteiger partial charge in [-0.25, -0.2) is 0 Å². The standard InChI is InChI=1S/C11H23N5.HI/c1-14-6-7-15(2)10(9-14)8-13-11-12-4-5-16(11)3;/h10H,4-9H2,1-3H3,(H,12,13);1H. The molecule has 2 aliphatic rings. The Morgan fingerprint density at radius 1 is 1.24 bits per heavy atom. The maximum Gasteiger partial charge on any atom is 0.193 e. The summed E-state index contributed by atoms with van der Waals surface area (Å²) in [6.07, 6.45) is 0. The molecule has 0 aromatic carbocycles. The largest absolute Gasteiger partial charge is 0.355 e. The first-order valence-electron chi connectivity index (χ1n) is 6.05. The first-order valence-corrected chi connectivity index (χ1v) is 6.05. The van der Waals surface area contributed by atoms with Crippen LogP contribution in [0.2, 0.25) is 0 Å². The quantitative estimate of drug-likeness (QED) is 0.694. The molecule has 2 aliphatic heterocycles. The number of likely N-dealkylation sites (N-methyl/N-ethyl adjacent to an activating group) is 3. The van der Waals surface area contributed by atoms with Crippen molar-refractivity contribution in [1.29, 1.82) is 0 Å².